The molecule has 4 atom stereocenters. The number of likely N-dealkylation sites (N-methyl/N-ethyl adjacent to an activating group) is 1. The Morgan fingerprint density at radius 1 is 1.26 bits per heavy atom. The predicted molar refractivity (Wildman–Crippen MR) is 163 cm³/mol. The zero-order chi connectivity index (χ0) is 31.9. The van der Waals surface area contributed by atoms with Gasteiger partial charge in [-0.05, 0) is 65.2 Å². The van der Waals surface area contributed by atoms with Gasteiger partial charge in [-0.1, -0.05) is 12.1 Å². The lowest BCUT2D eigenvalue weighted by atomic mass is 10.0. The highest BCUT2D eigenvalue weighted by atomic mass is 32.2. The molecule has 3 N–H and O–H groups in total. The standard InChI is InChI=1S/C29H45N5O8S/c1-18-15-34(19(2)17-35)28(36)24-14-23(32-43(7,38)39)11-12-25(24)41-20(3)10-8-9-13-40-26(18)16-33(6)29(37)30-27-21(4)31-42-22(27)5/h11-12,14,18-20,26,32,35H,8-10,13,15-17H2,1-7H3,(H,30,37)/t18-,19+,20+,26+/m0/s1. The number of hydrogen-bond acceptors (Lipinski definition) is 9. The normalized spacial score (nSPS) is 21.3. The lowest BCUT2D eigenvalue weighted by Crippen LogP contribution is -2.48. The highest BCUT2D eigenvalue weighted by Crippen LogP contribution is 2.29. The SMILES string of the molecule is Cc1noc(C)c1NC(=O)N(C)C[C@H]1OCCCC[C@@H](C)Oc2ccc(NS(C)(=O)=O)cc2C(=O)N([C@H](C)CO)C[C@@H]1C. The van der Waals surface area contributed by atoms with Crippen LogP contribution in [0.5, 0.6) is 5.75 Å². The van der Waals surface area contributed by atoms with E-state index in [-0.39, 0.29) is 49.0 Å². The lowest BCUT2D eigenvalue weighted by Gasteiger charge is -2.35. The van der Waals surface area contributed by atoms with Crippen LogP contribution in [0, 0.1) is 19.8 Å². The van der Waals surface area contributed by atoms with Gasteiger partial charge in [0.05, 0.1) is 36.7 Å². The maximum Gasteiger partial charge on any atom is 0.321 e. The number of urea groups is 1. The Kier molecular flexibility index (Phi) is 11.8. The minimum atomic E-state index is -3.59. The monoisotopic (exact) mass is 623 g/mol. The third-order valence-electron chi connectivity index (χ3n) is 7.42. The third kappa shape index (κ3) is 9.57. The molecule has 43 heavy (non-hydrogen) atoms. The number of nitrogens with one attached hydrogen (secondary N) is 2. The number of ether oxygens (including phenoxy) is 2. The van der Waals surface area contributed by atoms with Gasteiger partial charge in [-0.3, -0.25) is 9.52 Å². The number of aryl methyl sites for hydroxylation is 2. The molecule has 0 spiro atoms. The number of aliphatic hydroxyl groups is 1. The lowest BCUT2D eigenvalue weighted by molar-refractivity contribution is -0.0115. The van der Waals surface area contributed by atoms with E-state index in [9.17, 15) is 23.1 Å². The van der Waals surface area contributed by atoms with E-state index in [0.29, 0.717) is 35.9 Å². The number of hydrogen-bond donors (Lipinski definition) is 3. The molecular formula is C29H45N5O8S. The molecule has 240 valence electrons. The van der Waals surface area contributed by atoms with Crippen molar-refractivity contribution in [2.45, 2.75) is 72.1 Å². The maximum atomic E-state index is 14.1. The number of carbonyl (C=O) groups is 2. The number of sulfonamides is 1. The van der Waals surface area contributed by atoms with Gasteiger partial charge in [0.25, 0.3) is 5.91 Å². The molecule has 14 heteroatoms. The second kappa shape index (κ2) is 14.9. The highest BCUT2D eigenvalue weighted by molar-refractivity contribution is 7.92. The van der Waals surface area contributed by atoms with Crippen LogP contribution < -0.4 is 14.8 Å². The Balaban J connectivity index is 1.92. The molecule has 1 aromatic heterocycles. The van der Waals surface area contributed by atoms with Crippen LogP contribution in [0.2, 0.25) is 0 Å². The fourth-order valence-electron chi connectivity index (χ4n) is 4.88. The van der Waals surface area contributed by atoms with Crippen molar-refractivity contribution in [2.75, 3.05) is 49.6 Å². The number of amides is 3. The van der Waals surface area contributed by atoms with Crippen molar-refractivity contribution in [3.63, 3.8) is 0 Å². The Bertz CT molecular complexity index is 1350. The summed E-state index contributed by atoms with van der Waals surface area (Å²) in [5.74, 6) is 0.159. The number of fused-ring (bicyclic) bond motifs is 1. The van der Waals surface area contributed by atoms with Crippen LogP contribution in [0.4, 0.5) is 16.2 Å². The Morgan fingerprint density at radius 3 is 2.60 bits per heavy atom. The molecule has 0 unspecified atom stereocenters. The summed E-state index contributed by atoms with van der Waals surface area (Å²) in [6.45, 7) is 9.64. The van der Waals surface area contributed by atoms with Crippen molar-refractivity contribution < 1.29 is 37.1 Å². The highest BCUT2D eigenvalue weighted by Gasteiger charge is 2.31. The zero-order valence-corrected chi connectivity index (χ0v) is 26.9. The molecule has 1 aliphatic rings. The molecule has 0 saturated heterocycles. The number of aromatic nitrogens is 1. The molecule has 1 aromatic carbocycles. The summed E-state index contributed by atoms with van der Waals surface area (Å²) in [5, 5.41) is 16.8. The van der Waals surface area contributed by atoms with Crippen LogP contribution in [0.3, 0.4) is 0 Å². The van der Waals surface area contributed by atoms with Crippen molar-refractivity contribution in [2.24, 2.45) is 5.92 Å². The van der Waals surface area contributed by atoms with Gasteiger partial charge in [-0.15, -0.1) is 0 Å². The molecule has 0 bridgehead atoms. The number of carbonyl (C=O) groups excluding carboxylic acids is 2. The van der Waals surface area contributed by atoms with Crippen molar-refractivity contribution in [3.05, 3.63) is 35.2 Å². The number of anilines is 2. The van der Waals surface area contributed by atoms with Crippen LogP contribution in [0.15, 0.2) is 22.7 Å². The molecule has 0 radical (unpaired) electrons. The number of rotatable bonds is 7. The summed E-state index contributed by atoms with van der Waals surface area (Å²) >= 11 is 0. The van der Waals surface area contributed by atoms with Gasteiger partial charge in [0.1, 0.15) is 17.1 Å². The minimum Gasteiger partial charge on any atom is -0.490 e. The third-order valence-corrected chi connectivity index (χ3v) is 8.03. The first-order valence-corrected chi connectivity index (χ1v) is 16.4. The van der Waals surface area contributed by atoms with E-state index >= 15 is 0 Å². The molecule has 0 saturated carbocycles. The van der Waals surface area contributed by atoms with Gasteiger partial charge >= 0.3 is 6.03 Å². The predicted octanol–water partition coefficient (Wildman–Crippen LogP) is 3.62. The van der Waals surface area contributed by atoms with Gasteiger partial charge in [0.2, 0.25) is 10.0 Å². The smallest absolute Gasteiger partial charge is 0.321 e. The van der Waals surface area contributed by atoms with Crippen molar-refractivity contribution in [1.82, 2.24) is 15.0 Å². The van der Waals surface area contributed by atoms with Crippen molar-refractivity contribution in [1.29, 1.82) is 0 Å². The Hall–Kier alpha value is -3.36. The number of aliphatic hydroxyl groups excluding tert-OH is 1. The largest absolute Gasteiger partial charge is 0.490 e. The van der Waals surface area contributed by atoms with Crippen LogP contribution in [-0.4, -0.2) is 98.3 Å². The van der Waals surface area contributed by atoms with E-state index in [4.69, 9.17) is 14.0 Å². The summed E-state index contributed by atoms with van der Waals surface area (Å²) in [7, 11) is -1.92. The second-order valence-corrected chi connectivity index (χ2v) is 13.1. The van der Waals surface area contributed by atoms with E-state index < -0.39 is 28.1 Å². The summed E-state index contributed by atoms with van der Waals surface area (Å²) in [4.78, 5) is 30.2. The molecule has 0 fully saturated rings. The van der Waals surface area contributed by atoms with Gasteiger partial charge < -0.3 is 34.2 Å². The maximum absolute atomic E-state index is 14.1. The van der Waals surface area contributed by atoms with E-state index in [1.165, 1.54) is 15.9 Å². The Labute approximate surface area is 253 Å². The van der Waals surface area contributed by atoms with Crippen LogP contribution in [-0.2, 0) is 14.8 Å². The molecule has 0 aliphatic carbocycles. The molecule has 1 aliphatic heterocycles. The minimum absolute atomic E-state index is 0.179. The zero-order valence-electron chi connectivity index (χ0n) is 26.0. The van der Waals surface area contributed by atoms with E-state index in [1.54, 1.807) is 40.0 Å². The average Bonchev–Trinajstić information content (AvgIpc) is 3.25. The van der Waals surface area contributed by atoms with Gasteiger partial charge in [0, 0.05) is 38.3 Å². The van der Waals surface area contributed by atoms with Crippen LogP contribution in [0.1, 0.15) is 61.8 Å². The molecule has 2 aromatic rings. The fourth-order valence-corrected chi connectivity index (χ4v) is 5.43. The summed E-state index contributed by atoms with van der Waals surface area (Å²) < 4.78 is 43.9. The molecule has 3 rings (SSSR count). The second-order valence-electron chi connectivity index (χ2n) is 11.4. The number of benzene rings is 1. The number of nitrogens with zero attached hydrogens (tertiary/aromatic N) is 3. The summed E-state index contributed by atoms with van der Waals surface area (Å²) in [5.41, 5.74) is 1.50. The quantitative estimate of drug-likeness (QED) is 0.418. The van der Waals surface area contributed by atoms with Gasteiger partial charge in [-0.25, -0.2) is 13.2 Å². The van der Waals surface area contributed by atoms with Crippen LogP contribution in [0.25, 0.3) is 0 Å². The summed E-state index contributed by atoms with van der Waals surface area (Å²) in [6, 6.07) is 3.68. The van der Waals surface area contributed by atoms with Crippen molar-refractivity contribution >= 4 is 33.3 Å². The van der Waals surface area contributed by atoms with E-state index in [2.05, 4.69) is 15.2 Å². The van der Waals surface area contributed by atoms with Gasteiger partial charge in [0.15, 0.2) is 5.76 Å². The van der Waals surface area contributed by atoms with Crippen LogP contribution >= 0.6 is 0 Å². The topological polar surface area (TPSA) is 164 Å². The first-order valence-electron chi connectivity index (χ1n) is 14.5. The van der Waals surface area contributed by atoms with Gasteiger partial charge in [-0.2, -0.15) is 0 Å². The molecule has 2 heterocycles. The van der Waals surface area contributed by atoms with E-state index in [1.807, 2.05) is 13.8 Å². The molecule has 13 nitrogen and oxygen atoms in total. The average molecular weight is 624 g/mol. The Morgan fingerprint density at radius 2 is 1.98 bits per heavy atom. The first kappa shape index (κ1) is 34.1. The fraction of sp³-hybridized carbons (Fsp3) is 0.621. The molecule has 3 amide bonds. The van der Waals surface area contributed by atoms with Crippen molar-refractivity contribution in [3.8, 4) is 5.75 Å². The van der Waals surface area contributed by atoms with E-state index in [0.717, 1.165) is 19.1 Å². The molecular weight excluding hydrogens is 578 g/mol. The first-order chi connectivity index (χ1) is 20.2. The summed E-state index contributed by atoms with van der Waals surface area (Å²) in [6.07, 6.45) is 2.67.